The molecule has 26 heavy (non-hydrogen) atoms. The van der Waals surface area contributed by atoms with Gasteiger partial charge in [0, 0.05) is 11.8 Å². The van der Waals surface area contributed by atoms with Crippen LogP contribution in [0.2, 0.25) is 0 Å². The normalized spacial score (nSPS) is 13.5. The molecule has 2 aromatic rings. The summed E-state index contributed by atoms with van der Waals surface area (Å²) in [5.41, 5.74) is 1.14. The van der Waals surface area contributed by atoms with Gasteiger partial charge in [-0.05, 0) is 55.0 Å². The molecule has 0 saturated carbocycles. The van der Waals surface area contributed by atoms with Crippen molar-refractivity contribution in [1.82, 2.24) is 0 Å². The molecule has 3 rings (SSSR count). The third kappa shape index (κ3) is 4.38. The van der Waals surface area contributed by atoms with Gasteiger partial charge in [0.2, 0.25) is 6.79 Å². The van der Waals surface area contributed by atoms with Gasteiger partial charge < -0.3 is 19.5 Å². The van der Waals surface area contributed by atoms with E-state index in [1.807, 2.05) is 0 Å². The smallest absolute Gasteiger partial charge is 0.331 e. The van der Waals surface area contributed by atoms with Crippen LogP contribution in [0.25, 0.3) is 6.08 Å². The highest BCUT2D eigenvalue weighted by atomic mass is 19.1. The summed E-state index contributed by atoms with van der Waals surface area (Å²) < 4.78 is 28.4. The van der Waals surface area contributed by atoms with Crippen LogP contribution in [-0.2, 0) is 14.3 Å². The van der Waals surface area contributed by atoms with E-state index in [4.69, 9.17) is 14.2 Å². The minimum absolute atomic E-state index is 0.172. The molecule has 0 spiro atoms. The number of anilines is 1. The van der Waals surface area contributed by atoms with Gasteiger partial charge in [-0.25, -0.2) is 9.18 Å². The van der Waals surface area contributed by atoms with Crippen LogP contribution in [0.15, 0.2) is 48.5 Å². The lowest BCUT2D eigenvalue weighted by atomic mass is 10.2. The lowest BCUT2D eigenvalue weighted by Crippen LogP contribution is -2.29. The van der Waals surface area contributed by atoms with E-state index in [9.17, 15) is 14.0 Å². The molecule has 0 aliphatic carbocycles. The maximum Gasteiger partial charge on any atom is 0.331 e. The van der Waals surface area contributed by atoms with Crippen molar-refractivity contribution in [3.05, 3.63) is 59.9 Å². The first-order valence-electron chi connectivity index (χ1n) is 7.86. The maximum atomic E-state index is 12.8. The second-order valence-electron chi connectivity index (χ2n) is 5.52. The van der Waals surface area contributed by atoms with Crippen LogP contribution >= 0.6 is 0 Å². The number of benzene rings is 2. The van der Waals surface area contributed by atoms with Crippen LogP contribution in [0, 0.1) is 5.82 Å². The van der Waals surface area contributed by atoms with Crippen molar-refractivity contribution < 1.29 is 28.2 Å². The Morgan fingerprint density at radius 1 is 1.15 bits per heavy atom. The van der Waals surface area contributed by atoms with Gasteiger partial charge in [-0.2, -0.15) is 0 Å². The minimum Gasteiger partial charge on any atom is -0.454 e. The van der Waals surface area contributed by atoms with E-state index in [0.29, 0.717) is 17.2 Å². The van der Waals surface area contributed by atoms with Gasteiger partial charge in [-0.1, -0.05) is 6.07 Å². The van der Waals surface area contributed by atoms with Gasteiger partial charge in [-0.15, -0.1) is 0 Å². The monoisotopic (exact) mass is 357 g/mol. The quantitative estimate of drug-likeness (QED) is 0.657. The number of halogens is 1. The summed E-state index contributed by atoms with van der Waals surface area (Å²) in [4.78, 5) is 23.9. The fourth-order valence-electron chi connectivity index (χ4n) is 2.23. The highest BCUT2D eigenvalue weighted by Gasteiger charge is 2.17. The Balaban J connectivity index is 1.53. The van der Waals surface area contributed by atoms with E-state index in [2.05, 4.69) is 5.32 Å². The first-order valence-corrected chi connectivity index (χ1v) is 7.86. The molecule has 1 amide bonds. The molecular weight excluding hydrogens is 341 g/mol. The first-order chi connectivity index (χ1) is 12.5. The molecule has 0 unspecified atom stereocenters. The summed E-state index contributed by atoms with van der Waals surface area (Å²) in [6.07, 6.45) is 1.77. The van der Waals surface area contributed by atoms with Gasteiger partial charge in [0.1, 0.15) is 5.82 Å². The van der Waals surface area contributed by atoms with Crippen molar-refractivity contribution in [3.8, 4) is 11.5 Å². The van der Waals surface area contributed by atoms with Crippen molar-refractivity contribution >= 4 is 23.6 Å². The zero-order valence-electron chi connectivity index (χ0n) is 13.9. The summed E-state index contributed by atoms with van der Waals surface area (Å²) in [7, 11) is 0. The molecule has 1 atom stereocenters. The highest BCUT2D eigenvalue weighted by Crippen LogP contribution is 2.32. The zero-order valence-corrected chi connectivity index (χ0v) is 13.9. The van der Waals surface area contributed by atoms with Crippen molar-refractivity contribution in [2.75, 3.05) is 12.1 Å². The summed E-state index contributed by atoms with van der Waals surface area (Å²) >= 11 is 0. The molecule has 0 saturated heterocycles. The van der Waals surface area contributed by atoms with E-state index < -0.39 is 23.8 Å². The van der Waals surface area contributed by atoms with Crippen LogP contribution in [0.5, 0.6) is 11.5 Å². The highest BCUT2D eigenvalue weighted by molar-refractivity contribution is 5.96. The van der Waals surface area contributed by atoms with E-state index in [-0.39, 0.29) is 6.79 Å². The average Bonchev–Trinajstić information content (AvgIpc) is 3.09. The zero-order chi connectivity index (χ0) is 18.5. The van der Waals surface area contributed by atoms with Gasteiger partial charge >= 0.3 is 5.97 Å². The number of amides is 1. The first kappa shape index (κ1) is 17.5. The topological polar surface area (TPSA) is 73.9 Å². The second-order valence-corrected chi connectivity index (χ2v) is 5.52. The largest absolute Gasteiger partial charge is 0.454 e. The number of ether oxygens (including phenoxy) is 3. The number of carbonyl (C=O) groups excluding carboxylic acids is 2. The van der Waals surface area contributed by atoms with Gasteiger partial charge in [0.15, 0.2) is 17.6 Å². The molecule has 1 aliphatic rings. The summed E-state index contributed by atoms with van der Waals surface area (Å²) in [6, 6.07) is 10.5. The molecule has 1 N–H and O–H groups in total. The Labute approximate surface area is 149 Å². The Kier molecular flexibility index (Phi) is 5.17. The molecule has 0 aromatic heterocycles. The third-order valence-corrected chi connectivity index (χ3v) is 3.58. The van der Waals surface area contributed by atoms with Gasteiger partial charge in [0.25, 0.3) is 5.91 Å². The summed E-state index contributed by atoms with van der Waals surface area (Å²) in [6.45, 7) is 1.62. The average molecular weight is 357 g/mol. The molecule has 6 nitrogen and oxygen atoms in total. The number of esters is 1. The lowest BCUT2D eigenvalue weighted by Gasteiger charge is -2.12. The number of carbonyl (C=O) groups is 2. The number of hydrogen-bond donors (Lipinski definition) is 1. The maximum absolute atomic E-state index is 12.8. The van der Waals surface area contributed by atoms with Crippen LogP contribution in [0.1, 0.15) is 12.5 Å². The Bertz CT molecular complexity index is 848. The van der Waals surface area contributed by atoms with Crippen molar-refractivity contribution in [2.24, 2.45) is 0 Å². The van der Waals surface area contributed by atoms with E-state index >= 15 is 0 Å². The van der Waals surface area contributed by atoms with E-state index in [1.54, 1.807) is 24.3 Å². The molecule has 2 aromatic carbocycles. The molecule has 7 heteroatoms. The fourth-order valence-corrected chi connectivity index (χ4v) is 2.23. The summed E-state index contributed by atoms with van der Waals surface area (Å²) in [5, 5.41) is 2.54. The number of hydrogen-bond acceptors (Lipinski definition) is 5. The summed E-state index contributed by atoms with van der Waals surface area (Å²) in [5.74, 6) is -0.328. The van der Waals surface area contributed by atoms with Crippen LogP contribution in [0.4, 0.5) is 10.1 Å². The van der Waals surface area contributed by atoms with Crippen LogP contribution in [-0.4, -0.2) is 24.8 Å². The Hall–Kier alpha value is -3.35. The second kappa shape index (κ2) is 7.69. The Morgan fingerprint density at radius 3 is 2.65 bits per heavy atom. The Morgan fingerprint density at radius 2 is 1.88 bits per heavy atom. The molecular formula is C19H16FNO5. The SMILES string of the molecule is C[C@H](OC(=O)/C=C/c1ccc2c(c1)OCO2)C(=O)Nc1ccc(F)cc1. The van der Waals surface area contributed by atoms with Gasteiger partial charge in [0.05, 0.1) is 0 Å². The molecule has 1 heterocycles. The van der Waals surface area contributed by atoms with Gasteiger partial charge in [-0.3, -0.25) is 4.79 Å². The molecule has 0 radical (unpaired) electrons. The standard InChI is InChI=1S/C19H16FNO5/c1-12(19(23)21-15-6-4-14(20)5-7-15)26-18(22)9-3-13-2-8-16-17(10-13)25-11-24-16/h2-10,12H,11H2,1H3,(H,21,23)/b9-3+/t12-/m0/s1. The van der Waals surface area contributed by atoms with Crippen molar-refractivity contribution in [3.63, 3.8) is 0 Å². The third-order valence-electron chi connectivity index (χ3n) is 3.58. The number of rotatable bonds is 5. The molecule has 0 bridgehead atoms. The van der Waals surface area contributed by atoms with E-state index in [0.717, 1.165) is 5.56 Å². The van der Waals surface area contributed by atoms with Crippen LogP contribution in [0.3, 0.4) is 0 Å². The van der Waals surface area contributed by atoms with Crippen LogP contribution < -0.4 is 14.8 Å². The number of fused-ring (bicyclic) bond motifs is 1. The minimum atomic E-state index is -1.01. The predicted octanol–water partition coefficient (Wildman–Crippen LogP) is 3.14. The molecule has 134 valence electrons. The van der Waals surface area contributed by atoms with E-state index in [1.165, 1.54) is 37.3 Å². The number of nitrogens with one attached hydrogen (secondary N) is 1. The van der Waals surface area contributed by atoms with Crippen molar-refractivity contribution in [1.29, 1.82) is 0 Å². The molecule has 1 aliphatic heterocycles. The van der Waals surface area contributed by atoms with Crippen molar-refractivity contribution in [2.45, 2.75) is 13.0 Å². The predicted molar refractivity (Wildman–Crippen MR) is 92.2 cm³/mol. The molecule has 0 fully saturated rings. The lowest BCUT2D eigenvalue weighted by molar-refractivity contribution is -0.148. The fraction of sp³-hybridized carbons (Fsp3) is 0.158.